The van der Waals surface area contributed by atoms with Crippen molar-refractivity contribution in [1.82, 2.24) is 15.2 Å². The first-order valence-corrected chi connectivity index (χ1v) is 9.53. The predicted molar refractivity (Wildman–Crippen MR) is 104 cm³/mol. The van der Waals surface area contributed by atoms with Gasteiger partial charge in [-0.25, -0.2) is 9.78 Å². The molecule has 0 bridgehead atoms. The highest BCUT2D eigenvalue weighted by Gasteiger charge is 2.20. The van der Waals surface area contributed by atoms with Crippen LogP contribution in [0.15, 0.2) is 42.6 Å². The lowest BCUT2D eigenvalue weighted by atomic mass is 10.0. The molecular formula is C21H27N3O3. The van der Waals surface area contributed by atoms with Gasteiger partial charge in [0.15, 0.2) is 11.5 Å². The summed E-state index contributed by atoms with van der Waals surface area (Å²) in [5.74, 6) is 2.38. The van der Waals surface area contributed by atoms with Gasteiger partial charge in [0.2, 0.25) is 5.88 Å². The summed E-state index contributed by atoms with van der Waals surface area (Å²) in [6.07, 6.45) is 3.99. The number of rotatable bonds is 6. The number of hydrogen-bond acceptors (Lipinski definition) is 4. The van der Waals surface area contributed by atoms with Crippen LogP contribution in [0.2, 0.25) is 0 Å². The van der Waals surface area contributed by atoms with Gasteiger partial charge in [-0.15, -0.1) is 0 Å². The zero-order valence-electron chi connectivity index (χ0n) is 16.0. The number of nitrogens with zero attached hydrogens (tertiary/aromatic N) is 2. The van der Waals surface area contributed by atoms with Crippen LogP contribution in [-0.2, 0) is 6.54 Å². The van der Waals surface area contributed by atoms with Gasteiger partial charge in [0.25, 0.3) is 0 Å². The number of piperidine rings is 1. The van der Waals surface area contributed by atoms with Gasteiger partial charge in [-0.1, -0.05) is 25.1 Å². The SMILES string of the molecule is CCOc1ccccc1Oc1ccc(CNC(=O)N2CCCC(C)C2)cn1. The second-order valence-corrected chi connectivity index (χ2v) is 6.84. The van der Waals surface area contributed by atoms with Crippen LogP contribution in [0.1, 0.15) is 32.3 Å². The molecule has 1 aromatic heterocycles. The second-order valence-electron chi connectivity index (χ2n) is 6.84. The Morgan fingerprint density at radius 1 is 1.26 bits per heavy atom. The first-order valence-electron chi connectivity index (χ1n) is 9.53. The number of urea groups is 1. The number of nitrogens with one attached hydrogen (secondary N) is 1. The number of carbonyl (C=O) groups is 1. The van der Waals surface area contributed by atoms with E-state index < -0.39 is 0 Å². The van der Waals surface area contributed by atoms with E-state index in [2.05, 4.69) is 17.2 Å². The number of ether oxygens (including phenoxy) is 2. The van der Waals surface area contributed by atoms with E-state index in [1.807, 2.05) is 42.2 Å². The fourth-order valence-electron chi connectivity index (χ4n) is 3.16. The van der Waals surface area contributed by atoms with Crippen molar-refractivity contribution in [1.29, 1.82) is 0 Å². The fraction of sp³-hybridized carbons (Fsp3) is 0.429. The molecule has 1 saturated heterocycles. The van der Waals surface area contributed by atoms with Gasteiger partial charge in [0.05, 0.1) is 6.61 Å². The molecule has 2 aromatic rings. The van der Waals surface area contributed by atoms with Gasteiger partial charge in [0.1, 0.15) is 0 Å². The number of likely N-dealkylation sites (tertiary alicyclic amines) is 1. The van der Waals surface area contributed by atoms with Crippen LogP contribution in [-0.4, -0.2) is 35.6 Å². The number of pyridine rings is 1. The smallest absolute Gasteiger partial charge is 0.317 e. The van der Waals surface area contributed by atoms with Gasteiger partial charge in [-0.2, -0.15) is 0 Å². The molecule has 144 valence electrons. The Kier molecular flexibility index (Phi) is 6.52. The molecule has 1 aliphatic rings. The monoisotopic (exact) mass is 369 g/mol. The van der Waals surface area contributed by atoms with Crippen LogP contribution in [0, 0.1) is 5.92 Å². The maximum atomic E-state index is 12.3. The molecule has 0 radical (unpaired) electrons. The molecule has 1 unspecified atom stereocenters. The van der Waals surface area contributed by atoms with Crippen LogP contribution in [0.5, 0.6) is 17.4 Å². The Morgan fingerprint density at radius 2 is 2.07 bits per heavy atom. The van der Waals surface area contributed by atoms with E-state index in [1.165, 1.54) is 6.42 Å². The fourth-order valence-corrected chi connectivity index (χ4v) is 3.16. The molecule has 3 rings (SSSR count). The highest BCUT2D eigenvalue weighted by atomic mass is 16.5. The third-order valence-electron chi connectivity index (χ3n) is 4.55. The Balaban J connectivity index is 1.54. The van der Waals surface area contributed by atoms with Crippen molar-refractivity contribution in [3.63, 3.8) is 0 Å². The zero-order valence-corrected chi connectivity index (χ0v) is 16.0. The number of benzene rings is 1. The molecule has 0 saturated carbocycles. The summed E-state index contributed by atoms with van der Waals surface area (Å²) in [7, 11) is 0. The van der Waals surface area contributed by atoms with Gasteiger partial charge in [-0.3, -0.25) is 0 Å². The molecule has 1 aromatic carbocycles. The normalized spacial score (nSPS) is 16.7. The summed E-state index contributed by atoms with van der Waals surface area (Å²) >= 11 is 0. The van der Waals surface area contributed by atoms with E-state index in [0.717, 1.165) is 25.1 Å². The van der Waals surface area contributed by atoms with Crippen molar-refractivity contribution in [3.8, 4) is 17.4 Å². The quantitative estimate of drug-likeness (QED) is 0.828. The van der Waals surface area contributed by atoms with E-state index in [0.29, 0.717) is 36.4 Å². The first kappa shape index (κ1) is 19.0. The number of para-hydroxylation sites is 2. The molecule has 1 atom stereocenters. The Labute approximate surface area is 160 Å². The molecule has 1 aliphatic heterocycles. The lowest BCUT2D eigenvalue weighted by molar-refractivity contribution is 0.169. The third-order valence-corrected chi connectivity index (χ3v) is 4.55. The van der Waals surface area contributed by atoms with E-state index in [-0.39, 0.29) is 6.03 Å². The van der Waals surface area contributed by atoms with Gasteiger partial charge < -0.3 is 19.7 Å². The summed E-state index contributed by atoms with van der Waals surface area (Å²) in [4.78, 5) is 18.5. The summed E-state index contributed by atoms with van der Waals surface area (Å²) in [6.45, 7) is 6.81. The Morgan fingerprint density at radius 3 is 2.78 bits per heavy atom. The van der Waals surface area contributed by atoms with Crippen LogP contribution < -0.4 is 14.8 Å². The molecular weight excluding hydrogens is 342 g/mol. The van der Waals surface area contributed by atoms with Crippen molar-refractivity contribution < 1.29 is 14.3 Å². The lowest BCUT2D eigenvalue weighted by Crippen LogP contribution is -2.44. The van der Waals surface area contributed by atoms with Crippen LogP contribution in [0.25, 0.3) is 0 Å². The molecule has 6 heteroatoms. The maximum Gasteiger partial charge on any atom is 0.317 e. The molecule has 0 aliphatic carbocycles. The minimum Gasteiger partial charge on any atom is -0.490 e. The van der Waals surface area contributed by atoms with E-state index in [9.17, 15) is 4.79 Å². The predicted octanol–water partition coefficient (Wildman–Crippen LogP) is 4.21. The van der Waals surface area contributed by atoms with Crippen molar-refractivity contribution in [2.24, 2.45) is 5.92 Å². The standard InChI is InChI=1S/C21H27N3O3/c1-3-26-18-8-4-5-9-19(18)27-20-11-10-17(13-22-20)14-23-21(25)24-12-6-7-16(2)15-24/h4-5,8-11,13,16H,3,6-7,12,14-15H2,1-2H3,(H,23,25). The average Bonchev–Trinajstić information content (AvgIpc) is 2.69. The average molecular weight is 369 g/mol. The van der Waals surface area contributed by atoms with Crippen molar-refractivity contribution in [3.05, 3.63) is 48.2 Å². The van der Waals surface area contributed by atoms with E-state index in [4.69, 9.17) is 9.47 Å². The highest BCUT2D eigenvalue weighted by molar-refractivity contribution is 5.74. The molecule has 1 fully saturated rings. The third kappa shape index (κ3) is 5.36. The van der Waals surface area contributed by atoms with Crippen LogP contribution in [0.3, 0.4) is 0 Å². The second kappa shape index (κ2) is 9.26. The number of carbonyl (C=O) groups excluding carboxylic acids is 1. The van der Waals surface area contributed by atoms with Crippen molar-refractivity contribution >= 4 is 6.03 Å². The Bertz CT molecular complexity index is 749. The van der Waals surface area contributed by atoms with E-state index in [1.54, 1.807) is 12.3 Å². The number of hydrogen-bond donors (Lipinski definition) is 1. The molecule has 2 heterocycles. The van der Waals surface area contributed by atoms with Gasteiger partial charge in [0, 0.05) is 31.9 Å². The summed E-state index contributed by atoms with van der Waals surface area (Å²) in [5.41, 5.74) is 0.929. The lowest BCUT2D eigenvalue weighted by Gasteiger charge is -2.30. The summed E-state index contributed by atoms with van der Waals surface area (Å²) in [5, 5.41) is 2.97. The molecule has 27 heavy (non-hydrogen) atoms. The topological polar surface area (TPSA) is 63.7 Å². The van der Waals surface area contributed by atoms with Crippen molar-refractivity contribution in [2.45, 2.75) is 33.2 Å². The van der Waals surface area contributed by atoms with Gasteiger partial charge >= 0.3 is 6.03 Å². The largest absolute Gasteiger partial charge is 0.490 e. The number of aromatic nitrogens is 1. The summed E-state index contributed by atoms with van der Waals surface area (Å²) < 4.78 is 11.4. The molecule has 6 nitrogen and oxygen atoms in total. The van der Waals surface area contributed by atoms with Gasteiger partial charge in [-0.05, 0) is 43.4 Å². The zero-order chi connectivity index (χ0) is 19.1. The molecule has 1 N–H and O–H groups in total. The highest BCUT2D eigenvalue weighted by Crippen LogP contribution is 2.30. The first-order chi connectivity index (χ1) is 13.2. The minimum atomic E-state index is -0.00693. The molecule has 2 amide bonds. The van der Waals surface area contributed by atoms with E-state index >= 15 is 0 Å². The minimum absolute atomic E-state index is 0.00693. The molecule has 0 spiro atoms. The maximum absolute atomic E-state index is 12.3. The van der Waals surface area contributed by atoms with Crippen LogP contribution in [0.4, 0.5) is 4.79 Å². The summed E-state index contributed by atoms with van der Waals surface area (Å²) in [6, 6.07) is 11.2. The van der Waals surface area contributed by atoms with Crippen LogP contribution >= 0.6 is 0 Å². The Hall–Kier alpha value is -2.76. The van der Waals surface area contributed by atoms with Crippen molar-refractivity contribution in [2.75, 3.05) is 19.7 Å². The number of amides is 2.